The molecular weight excluding hydrogens is 615 g/mol. The number of hydrogen-bond donors (Lipinski definition) is 1. The van der Waals surface area contributed by atoms with Crippen molar-refractivity contribution in [1.82, 2.24) is 9.62 Å². The van der Waals surface area contributed by atoms with Crippen LogP contribution in [-0.2, 0) is 41.6 Å². The van der Waals surface area contributed by atoms with E-state index in [1.807, 2.05) is 74.5 Å². The summed E-state index contributed by atoms with van der Waals surface area (Å²) in [5.74, 6) is 0.403. The maximum atomic E-state index is 13.7. The van der Waals surface area contributed by atoms with Crippen LogP contribution in [0, 0.1) is 5.92 Å². The lowest BCUT2D eigenvalue weighted by Gasteiger charge is -2.24. The van der Waals surface area contributed by atoms with Crippen LogP contribution in [0.25, 0.3) is 0 Å². The van der Waals surface area contributed by atoms with Gasteiger partial charge in [0.15, 0.2) is 6.35 Å². The van der Waals surface area contributed by atoms with Crippen molar-refractivity contribution in [3.8, 4) is 5.75 Å². The van der Waals surface area contributed by atoms with Crippen LogP contribution in [0.4, 0.5) is 4.79 Å². The predicted molar refractivity (Wildman–Crippen MR) is 174 cm³/mol. The van der Waals surface area contributed by atoms with Crippen molar-refractivity contribution in [3.63, 3.8) is 0 Å². The van der Waals surface area contributed by atoms with Crippen LogP contribution in [-0.4, -0.2) is 50.4 Å². The van der Waals surface area contributed by atoms with E-state index in [9.17, 15) is 17.8 Å². The smallest absolute Gasteiger partial charge is 0.407 e. The first-order chi connectivity index (χ1) is 21.3. The van der Waals surface area contributed by atoms with Gasteiger partial charge in [-0.05, 0) is 68.5 Å². The zero-order valence-electron chi connectivity index (χ0n) is 26.7. The number of hydrogen-bond acceptors (Lipinski definition) is 8. The van der Waals surface area contributed by atoms with Crippen LogP contribution >= 0.6 is 7.60 Å². The van der Waals surface area contributed by atoms with Crippen molar-refractivity contribution >= 4 is 23.7 Å². The standard InChI is InChI=1S/C33H45N2O8PS/c1-27(2)23-35(22-12-21-34-32(36)43-33(3,4)5)45(38,39)31-19-17-30(18-20-31)40-26-44(37,41-24-28-13-8-6-9-14-28)42-25-29-15-10-7-11-16-29/h6-11,13-20,27H,12,21-26H2,1-5H3,(H,34,36). The lowest BCUT2D eigenvalue weighted by Crippen LogP contribution is -2.37. The number of rotatable bonds is 17. The van der Waals surface area contributed by atoms with Crippen LogP contribution in [0.1, 0.15) is 52.2 Å². The van der Waals surface area contributed by atoms with Crippen molar-refractivity contribution in [1.29, 1.82) is 0 Å². The van der Waals surface area contributed by atoms with Crippen molar-refractivity contribution in [2.24, 2.45) is 5.92 Å². The fourth-order valence-electron chi connectivity index (χ4n) is 4.09. The second-order valence-electron chi connectivity index (χ2n) is 11.9. The molecule has 12 heteroatoms. The summed E-state index contributed by atoms with van der Waals surface area (Å²) in [6, 6.07) is 24.6. The number of benzene rings is 3. The molecule has 0 heterocycles. The number of carbonyl (C=O) groups excluding carboxylic acids is 1. The van der Waals surface area contributed by atoms with Crippen LogP contribution < -0.4 is 10.1 Å². The Kier molecular flexibility index (Phi) is 13.6. The number of sulfonamides is 1. The Morgan fingerprint density at radius 3 is 1.89 bits per heavy atom. The summed E-state index contributed by atoms with van der Waals surface area (Å²) in [5.41, 5.74) is 1.05. The normalized spacial score (nSPS) is 12.3. The summed E-state index contributed by atoms with van der Waals surface area (Å²) in [7, 11) is -7.55. The predicted octanol–water partition coefficient (Wildman–Crippen LogP) is 7.21. The van der Waals surface area contributed by atoms with Gasteiger partial charge in [-0.15, -0.1) is 0 Å². The van der Waals surface area contributed by atoms with E-state index < -0.39 is 29.3 Å². The minimum absolute atomic E-state index is 0.0758. The third-order valence-corrected chi connectivity index (χ3v) is 9.58. The Hall–Kier alpha value is -3.21. The molecule has 3 aromatic carbocycles. The minimum Gasteiger partial charge on any atom is -0.481 e. The van der Waals surface area contributed by atoms with Crippen LogP contribution in [0.15, 0.2) is 89.8 Å². The summed E-state index contributed by atoms with van der Waals surface area (Å²) < 4.78 is 64.7. The SMILES string of the molecule is CC(C)CN(CCCNC(=O)OC(C)(C)C)S(=O)(=O)c1ccc(OCP(=O)(OCc2ccccc2)OCc2ccccc2)cc1. The molecule has 0 fully saturated rings. The second kappa shape index (κ2) is 16.9. The highest BCUT2D eigenvalue weighted by molar-refractivity contribution is 7.89. The lowest BCUT2D eigenvalue weighted by atomic mass is 10.2. The van der Waals surface area contributed by atoms with Gasteiger partial charge in [0.25, 0.3) is 0 Å². The first-order valence-electron chi connectivity index (χ1n) is 14.9. The molecule has 1 amide bonds. The maximum Gasteiger partial charge on any atom is 0.407 e. The summed E-state index contributed by atoms with van der Waals surface area (Å²) in [4.78, 5) is 12.0. The number of ether oxygens (including phenoxy) is 2. The number of nitrogens with zero attached hydrogens (tertiary/aromatic N) is 1. The molecule has 0 unspecified atom stereocenters. The quantitative estimate of drug-likeness (QED) is 0.119. The second-order valence-corrected chi connectivity index (χ2v) is 15.8. The topological polar surface area (TPSA) is 120 Å². The fourth-order valence-corrected chi connectivity index (χ4v) is 6.96. The summed E-state index contributed by atoms with van der Waals surface area (Å²) >= 11 is 0. The molecule has 0 aliphatic rings. The van der Waals surface area contributed by atoms with E-state index in [2.05, 4.69) is 5.32 Å². The Morgan fingerprint density at radius 1 is 0.867 bits per heavy atom. The molecule has 0 spiro atoms. The Labute approximate surface area is 267 Å². The van der Waals surface area contributed by atoms with Gasteiger partial charge in [-0.3, -0.25) is 4.57 Å². The summed E-state index contributed by atoms with van der Waals surface area (Å²) in [6.07, 6.45) is -0.492. The molecule has 0 aliphatic heterocycles. The number of carbonyl (C=O) groups is 1. The highest BCUT2D eigenvalue weighted by Crippen LogP contribution is 2.49. The molecular formula is C33H45N2O8PS. The van der Waals surface area contributed by atoms with E-state index in [1.165, 1.54) is 28.6 Å². The largest absolute Gasteiger partial charge is 0.481 e. The van der Waals surface area contributed by atoms with E-state index >= 15 is 0 Å². The highest BCUT2D eigenvalue weighted by atomic mass is 32.2. The van der Waals surface area contributed by atoms with Gasteiger partial charge in [0.2, 0.25) is 10.0 Å². The average Bonchev–Trinajstić information content (AvgIpc) is 3.00. The van der Waals surface area contributed by atoms with Gasteiger partial charge >= 0.3 is 13.7 Å². The summed E-state index contributed by atoms with van der Waals surface area (Å²) in [6.45, 7) is 10.2. The lowest BCUT2D eigenvalue weighted by molar-refractivity contribution is 0.0526. The average molecular weight is 661 g/mol. The maximum absolute atomic E-state index is 13.7. The molecule has 0 bridgehead atoms. The molecule has 0 atom stereocenters. The van der Waals surface area contributed by atoms with Gasteiger partial charge in [0, 0.05) is 19.6 Å². The van der Waals surface area contributed by atoms with Crippen LogP contribution in [0.2, 0.25) is 0 Å². The third-order valence-electron chi connectivity index (χ3n) is 6.21. The zero-order chi connectivity index (χ0) is 32.9. The number of amides is 1. The van der Waals surface area contributed by atoms with Crippen molar-refractivity contribution in [2.75, 3.05) is 26.0 Å². The zero-order valence-corrected chi connectivity index (χ0v) is 28.4. The van der Waals surface area contributed by atoms with Gasteiger partial charge < -0.3 is 23.8 Å². The van der Waals surface area contributed by atoms with E-state index in [4.69, 9.17) is 18.5 Å². The molecule has 0 radical (unpaired) electrons. The van der Waals surface area contributed by atoms with Gasteiger partial charge in [0.05, 0.1) is 18.1 Å². The first-order valence-corrected chi connectivity index (χ1v) is 18.1. The fraction of sp³-hybridized carbons (Fsp3) is 0.424. The molecule has 0 aromatic heterocycles. The molecule has 3 aromatic rings. The third kappa shape index (κ3) is 13.0. The molecule has 3 rings (SSSR count). The Balaban J connectivity index is 1.64. The van der Waals surface area contributed by atoms with Crippen LogP contribution in [0.3, 0.4) is 0 Å². The van der Waals surface area contributed by atoms with Gasteiger partial charge in [-0.1, -0.05) is 74.5 Å². The first kappa shape index (κ1) is 36.3. The van der Waals surface area contributed by atoms with Crippen LogP contribution in [0.5, 0.6) is 5.75 Å². The molecule has 246 valence electrons. The van der Waals surface area contributed by atoms with Crippen molar-refractivity contribution < 1.29 is 36.3 Å². The molecule has 45 heavy (non-hydrogen) atoms. The van der Waals surface area contributed by atoms with E-state index in [0.717, 1.165) is 11.1 Å². The molecule has 0 saturated carbocycles. The van der Waals surface area contributed by atoms with Crippen molar-refractivity contribution in [3.05, 3.63) is 96.1 Å². The Morgan fingerprint density at radius 2 is 1.40 bits per heavy atom. The monoisotopic (exact) mass is 660 g/mol. The van der Waals surface area contributed by atoms with Gasteiger partial charge in [-0.25, -0.2) is 13.2 Å². The molecule has 1 N–H and O–H groups in total. The van der Waals surface area contributed by atoms with Gasteiger partial charge in [0.1, 0.15) is 11.4 Å². The Bertz CT molecular complexity index is 1430. The van der Waals surface area contributed by atoms with E-state index in [1.54, 1.807) is 20.8 Å². The molecule has 0 aliphatic carbocycles. The van der Waals surface area contributed by atoms with E-state index in [-0.39, 0.29) is 43.5 Å². The summed E-state index contributed by atoms with van der Waals surface area (Å²) in [5, 5.41) is 2.67. The number of alkyl carbamates (subject to hydrolysis) is 1. The minimum atomic E-state index is -3.83. The number of nitrogens with one attached hydrogen (secondary N) is 1. The van der Waals surface area contributed by atoms with Crippen molar-refractivity contribution in [2.45, 2.75) is 64.7 Å². The van der Waals surface area contributed by atoms with Gasteiger partial charge in [-0.2, -0.15) is 4.31 Å². The van der Waals surface area contributed by atoms with E-state index in [0.29, 0.717) is 18.7 Å². The molecule has 0 saturated heterocycles. The molecule has 10 nitrogen and oxygen atoms in total. The highest BCUT2D eigenvalue weighted by Gasteiger charge is 2.28.